The first kappa shape index (κ1) is 13.4. The number of benzene rings is 2. The Hall–Kier alpha value is -2.59. The Kier molecular flexibility index (Phi) is 3.46. The van der Waals surface area contributed by atoms with Crippen LogP contribution >= 0.6 is 11.6 Å². The molecular weight excluding hydrogens is 288 g/mol. The van der Waals surface area contributed by atoms with Gasteiger partial charge in [0.1, 0.15) is 0 Å². The van der Waals surface area contributed by atoms with E-state index in [-0.39, 0.29) is 10.6 Å². The molecular formula is C16H11ClN2O2. The van der Waals surface area contributed by atoms with Gasteiger partial charge in [0.2, 0.25) is 0 Å². The van der Waals surface area contributed by atoms with Crippen molar-refractivity contribution in [3.63, 3.8) is 0 Å². The molecule has 0 fully saturated rings. The molecule has 1 N–H and O–H groups in total. The summed E-state index contributed by atoms with van der Waals surface area (Å²) in [7, 11) is 0. The number of nitro groups is 1. The number of halogens is 1. The molecule has 3 rings (SSSR count). The summed E-state index contributed by atoms with van der Waals surface area (Å²) in [6, 6.07) is 14.2. The Morgan fingerprint density at radius 1 is 1.19 bits per heavy atom. The van der Waals surface area contributed by atoms with E-state index in [0.29, 0.717) is 10.6 Å². The molecule has 4 nitrogen and oxygen atoms in total. The van der Waals surface area contributed by atoms with Crippen LogP contribution in [0.1, 0.15) is 11.1 Å². The van der Waals surface area contributed by atoms with Crippen LogP contribution in [-0.2, 0) is 0 Å². The second-order valence-electron chi connectivity index (χ2n) is 4.59. The molecule has 0 amide bonds. The molecule has 0 aliphatic carbocycles. The second-order valence-corrected chi connectivity index (χ2v) is 5.02. The van der Waals surface area contributed by atoms with Gasteiger partial charge in [0.15, 0.2) is 0 Å². The average Bonchev–Trinajstić information content (AvgIpc) is 2.87. The number of hydrogen-bond donors (Lipinski definition) is 1. The van der Waals surface area contributed by atoms with Gasteiger partial charge < -0.3 is 4.98 Å². The fourth-order valence-electron chi connectivity index (χ4n) is 2.24. The molecule has 0 saturated heterocycles. The Bertz CT molecular complexity index is 838. The highest BCUT2D eigenvalue weighted by atomic mass is 35.5. The first-order chi connectivity index (χ1) is 10.1. The minimum absolute atomic E-state index is 0.0615. The molecule has 0 aliphatic rings. The minimum atomic E-state index is -0.371. The maximum Gasteiger partial charge on any atom is 0.277 e. The number of fused-ring (bicyclic) bond motifs is 1. The maximum absolute atomic E-state index is 11.3. The Balaban J connectivity index is 2.14. The zero-order valence-electron chi connectivity index (χ0n) is 10.9. The van der Waals surface area contributed by atoms with Crippen molar-refractivity contribution in [2.45, 2.75) is 0 Å². The van der Waals surface area contributed by atoms with Gasteiger partial charge in [-0.2, -0.15) is 0 Å². The maximum atomic E-state index is 11.3. The first-order valence-electron chi connectivity index (χ1n) is 6.33. The molecule has 1 aromatic heterocycles. The van der Waals surface area contributed by atoms with Crippen molar-refractivity contribution >= 4 is 34.3 Å². The first-order valence-corrected chi connectivity index (χ1v) is 6.71. The van der Waals surface area contributed by atoms with Gasteiger partial charge in [0, 0.05) is 33.8 Å². The molecule has 104 valence electrons. The predicted molar refractivity (Wildman–Crippen MR) is 84.6 cm³/mol. The Morgan fingerprint density at radius 2 is 1.95 bits per heavy atom. The summed E-state index contributed by atoms with van der Waals surface area (Å²) >= 11 is 5.94. The van der Waals surface area contributed by atoms with Crippen molar-refractivity contribution < 1.29 is 4.92 Å². The van der Waals surface area contributed by atoms with E-state index in [1.54, 1.807) is 48.7 Å². The van der Waals surface area contributed by atoms with Crippen molar-refractivity contribution in [1.82, 2.24) is 4.98 Å². The summed E-state index contributed by atoms with van der Waals surface area (Å²) in [6.45, 7) is 0. The Morgan fingerprint density at radius 3 is 2.67 bits per heavy atom. The summed E-state index contributed by atoms with van der Waals surface area (Å²) < 4.78 is 0. The fourth-order valence-corrected chi connectivity index (χ4v) is 2.41. The van der Waals surface area contributed by atoms with Crippen molar-refractivity contribution in [1.29, 1.82) is 0 Å². The summed E-state index contributed by atoms with van der Waals surface area (Å²) in [5.41, 5.74) is 2.25. The van der Waals surface area contributed by atoms with E-state index in [2.05, 4.69) is 4.98 Å². The Labute approximate surface area is 125 Å². The zero-order chi connectivity index (χ0) is 14.8. The van der Waals surface area contributed by atoms with Crippen LogP contribution in [0.25, 0.3) is 22.7 Å². The lowest BCUT2D eigenvalue weighted by molar-refractivity contribution is -0.374. The number of aromatic amines is 1. The van der Waals surface area contributed by atoms with Gasteiger partial charge >= 0.3 is 0 Å². The molecule has 1 heterocycles. The highest BCUT2D eigenvalue weighted by Gasteiger charge is 2.15. The molecule has 0 aliphatic heterocycles. The van der Waals surface area contributed by atoms with Gasteiger partial charge in [-0.05, 0) is 24.3 Å². The van der Waals surface area contributed by atoms with E-state index >= 15 is 0 Å². The molecule has 0 spiro atoms. The molecule has 2 aromatic carbocycles. The number of nitrogens with zero attached hydrogens (tertiary/aromatic N) is 1. The van der Waals surface area contributed by atoms with Gasteiger partial charge in [-0.3, -0.25) is 10.1 Å². The molecule has 0 unspecified atom stereocenters. The van der Waals surface area contributed by atoms with Gasteiger partial charge in [0.05, 0.1) is 10.5 Å². The van der Waals surface area contributed by atoms with Crippen molar-refractivity contribution in [2.75, 3.05) is 0 Å². The molecule has 0 saturated carbocycles. The van der Waals surface area contributed by atoms with Crippen molar-refractivity contribution in [2.24, 2.45) is 0 Å². The second kappa shape index (κ2) is 5.42. The van der Waals surface area contributed by atoms with E-state index in [4.69, 9.17) is 11.6 Å². The van der Waals surface area contributed by atoms with Crippen LogP contribution in [0.2, 0.25) is 5.02 Å². The highest BCUT2D eigenvalue weighted by Crippen LogP contribution is 2.26. The zero-order valence-corrected chi connectivity index (χ0v) is 11.7. The number of hydrogen-bond acceptors (Lipinski definition) is 2. The van der Waals surface area contributed by atoms with Gasteiger partial charge in [0.25, 0.3) is 5.70 Å². The molecule has 21 heavy (non-hydrogen) atoms. The molecule has 0 bridgehead atoms. The SMILES string of the molecule is O=[N+]([O-])/C(=C/c1c[nH]c2cc(Cl)ccc12)c1ccccc1. The quantitative estimate of drug-likeness (QED) is 0.567. The summed E-state index contributed by atoms with van der Waals surface area (Å²) in [5, 5.41) is 12.8. The van der Waals surface area contributed by atoms with Crippen LogP contribution in [-0.4, -0.2) is 9.91 Å². The number of nitrogens with one attached hydrogen (secondary N) is 1. The third-order valence-corrected chi connectivity index (χ3v) is 3.47. The lowest BCUT2D eigenvalue weighted by atomic mass is 10.1. The number of H-pyrrole nitrogens is 1. The predicted octanol–water partition coefficient (Wildman–Crippen LogP) is 4.60. The fraction of sp³-hybridized carbons (Fsp3) is 0. The lowest BCUT2D eigenvalue weighted by Gasteiger charge is -1.99. The van der Waals surface area contributed by atoms with Crippen LogP contribution in [0.3, 0.4) is 0 Å². The normalized spacial score (nSPS) is 11.8. The smallest absolute Gasteiger partial charge is 0.277 e. The van der Waals surface area contributed by atoms with Crippen LogP contribution in [0, 0.1) is 10.1 Å². The largest absolute Gasteiger partial charge is 0.361 e. The molecule has 0 radical (unpaired) electrons. The minimum Gasteiger partial charge on any atom is -0.361 e. The molecule has 0 atom stereocenters. The van der Waals surface area contributed by atoms with E-state index < -0.39 is 0 Å². The molecule has 3 aromatic rings. The van der Waals surface area contributed by atoms with E-state index in [1.165, 1.54) is 0 Å². The van der Waals surface area contributed by atoms with E-state index in [1.807, 2.05) is 12.1 Å². The van der Waals surface area contributed by atoms with Gasteiger partial charge in [-0.1, -0.05) is 35.9 Å². The van der Waals surface area contributed by atoms with Crippen molar-refractivity contribution in [3.8, 4) is 0 Å². The van der Waals surface area contributed by atoms with Crippen LogP contribution in [0.15, 0.2) is 54.7 Å². The number of rotatable bonds is 3. The van der Waals surface area contributed by atoms with Crippen LogP contribution < -0.4 is 0 Å². The monoisotopic (exact) mass is 298 g/mol. The van der Waals surface area contributed by atoms with Gasteiger partial charge in [-0.15, -0.1) is 0 Å². The standard InChI is InChI=1S/C16H11ClN2O2/c17-13-6-7-14-12(10-18-15(14)9-13)8-16(19(20)21)11-4-2-1-3-5-11/h1-10,18H/b16-8+. The average molecular weight is 299 g/mol. The summed E-state index contributed by atoms with van der Waals surface area (Å²) in [6.07, 6.45) is 3.31. The third-order valence-electron chi connectivity index (χ3n) is 3.23. The van der Waals surface area contributed by atoms with Crippen LogP contribution in [0.5, 0.6) is 0 Å². The van der Waals surface area contributed by atoms with Crippen LogP contribution in [0.4, 0.5) is 0 Å². The lowest BCUT2D eigenvalue weighted by Crippen LogP contribution is -1.97. The van der Waals surface area contributed by atoms with Crippen molar-refractivity contribution in [3.05, 3.63) is 81.0 Å². The topological polar surface area (TPSA) is 58.9 Å². The van der Waals surface area contributed by atoms with Gasteiger partial charge in [-0.25, -0.2) is 0 Å². The third kappa shape index (κ3) is 2.66. The van der Waals surface area contributed by atoms with E-state index in [0.717, 1.165) is 16.5 Å². The molecule has 5 heteroatoms. The summed E-state index contributed by atoms with van der Waals surface area (Å²) in [5.74, 6) is 0. The number of aromatic nitrogens is 1. The summed E-state index contributed by atoms with van der Waals surface area (Å²) in [4.78, 5) is 14.0. The highest BCUT2D eigenvalue weighted by molar-refractivity contribution is 6.31. The van der Waals surface area contributed by atoms with E-state index in [9.17, 15) is 10.1 Å².